The first-order chi connectivity index (χ1) is 12.0. The number of thioether (sulfide) groups is 1. The zero-order valence-electron chi connectivity index (χ0n) is 13.9. The van der Waals surface area contributed by atoms with Crippen LogP contribution in [0.4, 0.5) is 0 Å². The van der Waals surface area contributed by atoms with Crippen molar-refractivity contribution in [2.45, 2.75) is 24.5 Å². The summed E-state index contributed by atoms with van der Waals surface area (Å²) in [5.41, 5.74) is 0.934. The number of amides is 1. The van der Waals surface area contributed by atoms with Crippen LogP contribution in [0.1, 0.15) is 23.0 Å². The minimum absolute atomic E-state index is 0.0366. The summed E-state index contributed by atoms with van der Waals surface area (Å²) in [4.78, 5) is 32.8. The van der Waals surface area contributed by atoms with Crippen LogP contribution in [0.5, 0.6) is 0 Å². The van der Waals surface area contributed by atoms with Crippen LogP contribution >= 0.6 is 23.4 Å². The lowest BCUT2D eigenvalue weighted by atomic mass is 10.1. The van der Waals surface area contributed by atoms with E-state index in [1.54, 1.807) is 0 Å². The molecule has 1 aromatic heterocycles. The van der Waals surface area contributed by atoms with E-state index in [2.05, 4.69) is 15.3 Å². The lowest BCUT2D eigenvalue weighted by Crippen LogP contribution is -2.43. The highest BCUT2D eigenvalue weighted by molar-refractivity contribution is 7.99. The van der Waals surface area contributed by atoms with Gasteiger partial charge in [0.25, 0.3) is 5.91 Å². The van der Waals surface area contributed by atoms with Gasteiger partial charge in [-0.1, -0.05) is 60.6 Å². The summed E-state index contributed by atoms with van der Waals surface area (Å²) in [7, 11) is 1.28. The van der Waals surface area contributed by atoms with E-state index >= 15 is 0 Å². The van der Waals surface area contributed by atoms with Gasteiger partial charge < -0.3 is 10.1 Å². The summed E-state index contributed by atoms with van der Waals surface area (Å²) in [6.45, 7) is 1.95. The van der Waals surface area contributed by atoms with Gasteiger partial charge in [-0.15, -0.1) is 0 Å². The standard InChI is InChI=1S/C17H18ClN3O3S/c1-3-25-17-19-10-12(18)14(21-17)15(22)20-13(16(23)24-2)9-11-7-5-4-6-8-11/h4-8,10,13H,3,9H2,1-2H3,(H,20,22). The highest BCUT2D eigenvalue weighted by atomic mass is 35.5. The van der Waals surface area contributed by atoms with Crippen LogP contribution in [-0.2, 0) is 16.0 Å². The Morgan fingerprint density at radius 3 is 2.68 bits per heavy atom. The number of carbonyl (C=O) groups is 2. The molecule has 1 aromatic carbocycles. The lowest BCUT2D eigenvalue weighted by Gasteiger charge is -2.17. The number of nitrogens with one attached hydrogen (secondary N) is 1. The van der Waals surface area contributed by atoms with Gasteiger partial charge in [0, 0.05) is 6.42 Å². The molecule has 0 radical (unpaired) electrons. The largest absolute Gasteiger partial charge is 0.467 e. The molecular weight excluding hydrogens is 362 g/mol. The maximum absolute atomic E-state index is 12.5. The van der Waals surface area contributed by atoms with E-state index in [0.29, 0.717) is 11.6 Å². The van der Waals surface area contributed by atoms with Crippen molar-refractivity contribution < 1.29 is 14.3 Å². The molecule has 6 nitrogen and oxygen atoms in total. The summed E-state index contributed by atoms with van der Waals surface area (Å²) in [6, 6.07) is 8.50. The predicted molar refractivity (Wildman–Crippen MR) is 96.9 cm³/mol. The number of methoxy groups -OCH3 is 1. The maximum Gasteiger partial charge on any atom is 0.328 e. The number of nitrogens with zero attached hydrogens (tertiary/aromatic N) is 2. The molecule has 1 N–H and O–H groups in total. The van der Waals surface area contributed by atoms with Crippen molar-refractivity contribution in [3.05, 3.63) is 52.8 Å². The third kappa shape index (κ3) is 5.44. The maximum atomic E-state index is 12.5. The molecule has 0 saturated carbocycles. The first-order valence-electron chi connectivity index (χ1n) is 7.63. The van der Waals surface area contributed by atoms with E-state index in [-0.39, 0.29) is 10.7 Å². The van der Waals surface area contributed by atoms with Crippen molar-refractivity contribution in [3.63, 3.8) is 0 Å². The fourth-order valence-corrected chi connectivity index (χ4v) is 2.84. The van der Waals surface area contributed by atoms with Crippen LogP contribution < -0.4 is 5.32 Å². The van der Waals surface area contributed by atoms with Crippen molar-refractivity contribution in [1.82, 2.24) is 15.3 Å². The zero-order chi connectivity index (χ0) is 18.2. The fourth-order valence-electron chi connectivity index (χ4n) is 2.12. The molecule has 0 aliphatic rings. The van der Waals surface area contributed by atoms with Gasteiger partial charge in [-0.2, -0.15) is 0 Å². The number of hydrogen-bond donors (Lipinski definition) is 1. The molecule has 1 amide bonds. The van der Waals surface area contributed by atoms with Crippen LogP contribution in [-0.4, -0.2) is 40.7 Å². The van der Waals surface area contributed by atoms with Crippen molar-refractivity contribution in [2.75, 3.05) is 12.9 Å². The summed E-state index contributed by atoms with van der Waals surface area (Å²) in [6.07, 6.45) is 1.68. The van der Waals surface area contributed by atoms with E-state index in [4.69, 9.17) is 16.3 Å². The number of ether oxygens (including phenoxy) is 1. The van der Waals surface area contributed by atoms with E-state index < -0.39 is 17.9 Å². The Kier molecular flexibility index (Phi) is 7.21. The summed E-state index contributed by atoms with van der Waals surface area (Å²) < 4.78 is 4.79. The average Bonchev–Trinajstić information content (AvgIpc) is 2.63. The number of halogens is 1. The number of carbonyl (C=O) groups excluding carboxylic acids is 2. The van der Waals surface area contributed by atoms with Crippen molar-refractivity contribution in [3.8, 4) is 0 Å². The highest BCUT2D eigenvalue weighted by Crippen LogP contribution is 2.18. The molecule has 0 bridgehead atoms. The third-order valence-electron chi connectivity index (χ3n) is 3.28. The quantitative estimate of drug-likeness (QED) is 0.452. The second-order valence-electron chi connectivity index (χ2n) is 5.02. The fraction of sp³-hybridized carbons (Fsp3) is 0.294. The molecule has 1 atom stereocenters. The highest BCUT2D eigenvalue weighted by Gasteiger charge is 2.24. The van der Waals surface area contributed by atoms with Gasteiger partial charge in [0.2, 0.25) is 0 Å². The van der Waals surface area contributed by atoms with Crippen molar-refractivity contribution in [1.29, 1.82) is 0 Å². The second-order valence-corrected chi connectivity index (χ2v) is 6.66. The minimum Gasteiger partial charge on any atom is -0.467 e. The van der Waals surface area contributed by atoms with Crippen LogP contribution in [0.2, 0.25) is 5.02 Å². The Morgan fingerprint density at radius 2 is 2.04 bits per heavy atom. The van der Waals surface area contributed by atoms with Gasteiger partial charge in [0.05, 0.1) is 18.3 Å². The van der Waals surface area contributed by atoms with Gasteiger partial charge in [0.1, 0.15) is 6.04 Å². The van der Waals surface area contributed by atoms with Crippen LogP contribution in [0.15, 0.2) is 41.7 Å². The molecule has 8 heteroatoms. The molecule has 2 aromatic rings. The molecule has 0 spiro atoms. The molecule has 1 heterocycles. The topological polar surface area (TPSA) is 81.2 Å². The molecule has 0 aliphatic heterocycles. The molecule has 1 unspecified atom stereocenters. The van der Waals surface area contributed by atoms with Crippen LogP contribution in [0, 0.1) is 0 Å². The lowest BCUT2D eigenvalue weighted by molar-refractivity contribution is -0.142. The molecule has 25 heavy (non-hydrogen) atoms. The minimum atomic E-state index is -0.840. The van der Waals surface area contributed by atoms with Gasteiger partial charge in [-0.25, -0.2) is 14.8 Å². The number of aromatic nitrogens is 2. The Hall–Kier alpha value is -2.12. The average molecular weight is 380 g/mol. The van der Waals surface area contributed by atoms with Crippen LogP contribution in [0.25, 0.3) is 0 Å². The molecule has 132 valence electrons. The second kappa shape index (κ2) is 9.39. The zero-order valence-corrected chi connectivity index (χ0v) is 15.4. The Balaban J connectivity index is 2.19. The van der Waals surface area contributed by atoms with Crippen molar-refractivity contribution in [2.24, 2.45) is 0 Å². The molecule has 0 aliphatic carbocycles. The first-order valence-corrected chi connectivity index (χ1v) is 8.99. The van der Waals surface area contributed by atoms with Gasteiger partial charge in [-0.3, -0.25) is 4.79 Å². The number of hydrogen-bond acceptors (Lipinski definition) is 6. The van der Waals surface area contributed by atoms with Crippen LogP contribution in [0.3, 0.4) is 0 Å². The summed E-state index contributed by atoms with van der Waals surface area (Å²) >= 11 is 7.43. The molecule has 0 fully saturated rings. The first kappa shape index (κ1) is 19.2. The monoisotopic (exact) mass is 379 g/mol. The third-order valence-corrected chi connectivity index (χ3v) is 4.30. The Bertz CT molecular complexity index is 743. The normalized spacial score (nSPS) is 11.6. The molecule has 0 saturated heterocycles. The SMILES string of the molecule is CCSc1ncc(Cl)c(C(=O)NC(Cc2ccccc2)C(=O)OC)n1. The predicted octanol–water partition coefficient (Wildman–Crippen LogP) is 2.76. The van der Waals surface area contributed by atoms with E-state index in [0.717, 1.165) is 11.3 Å². The number of rotatable bonds is 7. The number of esters is 1. The Morgan fingerprint density at radius 1 is 1.32 bits per heavy atom. The van der Waals surface area contributed by atoms with Gasteiger partial charge >= 0.3 is 5.97 Å². The molecule has 2 rings (SSSR count). The van der Waals surface area contributed by atoms with Gasteiger partial charge in [-0.05, 0) is 11.3 Å². The van der Waals surface area contributed by atoms with Gasteiger partial charge in [0.15, 0.2) is 10.9 Å². The number of benzene rings is 1. The summed E-state index contributed by atoms with van der Waals surface area (Å²) in [5.74, 6) is -0.316. The van der Waals surface area contributed by atoms with Crippen molar-refractivity contribution >= 4 is 35.2 Å². The molecular formula is C17H18ClN3O3S. The Labute approximate surface area is 155 Å². The smallest absolute Gasteiger partial charge is 0.328 e. The van der Waals surface area contributed by atoms with E-state index in [1.165, 1.54) is 25.1 Å². The summed E-state index contributed by atoms with van der Waals surface area (Å²) in [5, 5.41) is 3.22. The van der Waals surface area contributed by atoms with E-state index in [9.17, 15) is 9.59 Å². The van der Waals surface area contributed by atoms with E-state index in [1.807, 2.05) is 37.3 Å².